The first-order valence-corrected chi connectivity index (χ1v) is 19.7. The summed E-state index contributed by atoms with van der Waals surface area (Å²) < 4.78 is 36.9. The van der Waals surface area contributed by atoms with Crippen LogP contribution in [0.4, 0.5) is 0 Å². The van der Waals surface area contributed by atoms with Gasteiger partial charge in [-0.3, -0.25) is 13.6 Å². The van der Waals surface area contributed by atoms with Gasteiger partial charge in [0, 0.05) is 0 Å². The van der Waals surface area contributed by atoms with E-state index in [9.17, 15) is 0 Å². The lowest BCUT2D eigenvalue weighted by Gasteiger charge is -2.48. The van der Waals surface area contributed by atoms with E-state index in [1.54, 1.807) is 0 Å². The molecule has 0 bridgehead atoms. The monoisotopic (exact) mass is 603 g/mol. The minimum atomic E-state index is -3.98. The molecule has 0 fully saturated rings. The number of hydrogen-bond donors (Lipinski definition) is 0. The van der Waals surface area contributed by atoms with Gasteiger partial charge in [0.15, 0.2) is 0 Å². The van der Waals surface area contributed by atoms with E-state index in [1.807, 2.05) is 0 Å². The van der Waals surface area contributed by atoms with E-state index in [0.29, 0.717) is 17.8 Å². The van der Waals surface area contributed by atoms with E-state index in [-0.39, 0.29) is 0 Å². The van der Waals surface area contributed by atoms with Gasteiger partial charge in [0.1, 0.15) is 0 Å². The van der Waals surface area contributed by atoms with Gasteiger partial charge in [-0.2, -0.15) is 0 Å². The SMILES string of the molecule is CCCCC(CC)C(CC)(CC)OP(=O)(OC(CC)(CC)C(CC)CCCC)OC(CC)(CC)C(CC)CCCC. The highest BCUT2D eigenvalue weighted by molar-refractivity contribution is 7.48. The number of hydrogen-bond acceptors (Lipinski definition) is 4. The van der Waals surface area contributed by atoms with Crippen molar-refractivity contribution in [2.24, 2.45) is 17.8 Å². The Hall–Kier alpha value is 0.110. The molecule has 5 heteroatoms. The predicted octanol–water partition coefficient (Wildman–Crippen LogP) is 13.5. The lowest BCUT2D eigenvalue weighted by Crippen LogP contribution is -2.46. The summed E-state index contributed by atoms with van der Waals surface area (Å²) in [6.45, 7) is 26.8. The summed E-state index contributed by atoms with van der Waals surface area (Å²) >= 11 is 0. The molecule has 0 saturated carbocycles. The zero-order chi connectivity index (χ0) is 31.6. The molecule has 0 aliphatic carbocycles. The molecule has 0 heterocycles. The maximum atomic E-state index is 15.6. The molecule has 0 aliphatic rings. The second-order valence-electron chi connectivity index (χ2n) is 12.8. The molecule has 0 aromatic heterocycles. The number of phosphoric ester groups is 1. The zero-order valence-electron chi connectivity index (χ0n) is 30.0. The molecule has 4 nitrogen and oxygen atoms in total. The fraction of sp³-hybridized carbons (Fsp3) is 1.00. The van der Waals surface area contributed by atoms with Crippen LogP contribution in [-0.4, -0.2) is 16.8 Å². The Bertz CT molecular complexity index is 591. The zero-order valence-corrected chi connectivity index (χ0v) is 30.9. The molecule has 0 aromatic carbocycles. The van der Waals surface area contributed by atoms with Gasteiger partial charge in [-0.25, -0.2) is 4.57 Å². The summed E-state index contributed by atoms with van der Waals surface area (Å²) in [6.07, 6.45) is 18.0. The summed E-state index contributed by atoms with van der Waals surface area (Å²) in [5.74, 6) is 0.951. The van der Waals surface area contributed by atoms with E-state index < -0.39 is 24.6 Å². The molecule has 3 atom stereocenters. The minimum Gasteiger partial charge on any atom is -0.280 e. The van der Waals surface area contributed by atoms with Crippen molar-refractivity contribution >= 4 is 7.82 Å². The lowest BCUT2D eigenvalue weighted by molar-refractivity contribution is -0.119. The Morgan fingerprint density at radius 1 is 0.439 bits per heavy atom. The molecule has 0 radical (unpaired) electrons. The van der Waals surface area contributed by atoms with Crippen LogP contribution in [0, 0.1) is 17.8 Å². The van der Waals surface area contributed by atoms with Crippen LogP contribution in [0.5, 0.6) is 0 Å². The van der Waals surface area contributed by atoms with Gasteiger partial charge < -0.3 is 0 Å². The standard InChI is InChI=1S/C36H75O4P/c1-13-25-28-31(16-4)34(19-7,20-8)38-41(37,39-35(21-9,22-10)32(17-5)29-26-14-2)40-36(23-11,24-12)33(18-6)30-27-15-3/h31-33H,13-30H2,1-12H3. The van der Waals surface area contributed by atoms with Crippen molar-refractivity contribution < 1.29 is 18.1 Å². The first-order valence-electron chi connectivity index (χ1n) is 18.3. The predicted molar refractivity (Wildman–Crippen MR) is 181 cm³/mol. The molecular formula is C36H75O4P. The smallest absolute Gasteiger partial charge is 0.280 e. The van der Waals surface area contributed by atoms with Crippen LogP contribution >= 0.6 is 7.82 Å². The van der Waals surface area contributed by atoms with Gasteiger partial charge >= 0.3 is 7.82 Å². The molecule has 0 aromatic rings. The van der Waals surface area contributed by atoms with E-state index in [2.05, 4.69) is 83.1 Å². The lowest BCUT2D eigenvalue weighted by atomic mass is 9.78. The molecule has 0 rings (SSSR count). The summed E-state index contributed by atoms with van der Waals surface area (Å²) in [5.41, 5.74) is -1.59. The highest BCUT2D eigenvalue weighted by atomic mass is 31.2. The first kappa shape index (κ1) is 41.1. The van der Waals surface area contributed by atoms with Gasteiger partial charge in [-0.05, 0) is 75.5 Å². The largest absolute Gasteiger partial charge is 0.476 e. The summed E-state index contributed by atoms with van der Waals surface area (Å²) in [6, 6.07) is 0. The Morgan fingerprint density at radius 3 is 0.805 bits per heavy atom. The van der Waals surface area contributed by atoms with Gasteiger partial charge in [0.2, 0.25) is 0 Å². The van der Waals surface area contributed by atoms with Crippen molar-refractivity contribution in [2.45, 2.75) is 215 Å². The highest BCUT2D eigenvalue weighted by Crippen LogP contribution is 2.64. The molecule has 0 aliphatic heterocycles. The van der Waals surface area contributed by atoms with Gasteiger partial charge in [0.25, 0.3) is 0 Å². The minimum absolute atomic E-state index is 0.317. The van der Waals surface area contributed by atoms with Crippen LogP contribution in [0.25, 0.3) is 0 Å². The van der Waals surface area contributed by atoms with Crippen LogP contribution in [0.2, 0.25) is 0 Å². The Morgan fingerprint density at radius 2 is 0.659 bits per heavy atom. The molecule has 3 unspecified atom stereocenters. The van der Waals surface area contributed by atoms with Crippen molar-refractivity contribution in [3.63, 3.8) is 0 Å². The van der Waals surface area contributed by atoms with Crippen molar-refractivity contribution in [1.29, 1.82) is 0 Å². The third-order valence-electron chi connectivity index (χ3n) is 10.9. The third kappa shape index (κ3) is 11.2. The normalized spacial score (nSPS) is 16.9. The van der Waals surface area contributed by atoms with Crippen molar-refractivity contribution in [3.8, 4) is 0 Å². The number of rotatable bonds is 27. The van der Waals surface area contributed by atoms with E-state index in [0.717, 1.165) is 116 Å². The van der Waals surface area contributed by atoms with Crippen LogP contribution in [0.15, 0.2) is 0 Å². The fourth-order valence-electron chi connectivity index (χ4n) is 7.69. The topological polar surface area (TPSA) is 44.8 Å². The fourth-order valence-corrected chi connectivity index (χ4v) is 10.4. The van der Waals surface area contributed by atoms with Crippen LogP contribution < -0.4 is 0 Å². The van der Waals surface area contributed by atoms with Gasteiger partial charge in [-0.1, -0.05) is 141 Å². The summed E-state index contributed by atoms with van der Waals surface area (Å²) in [4.78, 5) is 0. The molecule has 0 spiro atoms. The van der Waals surface area contributed by atoms with Gasteiger partial charge in [-0.15, -0.1) is 0 Å². The quantitative estimate of drug-likeness (QED) is 0.0877. The number of phosphoric acid groups is 1. The molecule has 0 saturated heterocycles. The summed E-state index contributed by atoms with van der Waals surface area (Å²) in [5, 5.41) is 0. The van der Waals surface area contributed by atoms with E-state index in [1.165, 1.54) is 0 Å². The third-order valence-corrected chi connectivity index (χ3v) is 12.7. The second-order valence-corrected chi connectivity index (χ2v) is 14.2. The van der Waals surface area contributed by atoms with Gasteiger partial charge in [0.05, 0.1) is 16.8 Å². The van der Waals surface area contributed by atoms with Crippen LogP contribution in [0.3, 0.4) is 0 Å². The molecule has 41 heavy (non-hydrogen) atoms. The van der Waals surface area contributed by atoms with E-state index in [4.69, 9.17) is 13.6 Å². The van der Waals surface area contributed by atoms with Crippen LogP contribution in [0.1, 0.15) is 199 Å². The maximum Gasteiger partial charge on any atom is 0.476 e. The van der Waals surface area contributed by atoms with Crippen molar-refractivity contribution in [1.82, 2.24) is 0 Å². The molecule has 0 amide bonds. The molecule has 0 N–H and O–H groups in total. The Balaban J connectivity index is 7.16. The summed E-state index contributed by atoms with van der Waals surface area (Å²) in [7, 11) is -3.98. The average Bonchev–Trinajstić information content (AvgIpc) is 2.99. The first-order chi connectivity index (χ1) is 19.5. The van der Waals surface area contributed by atoms with Crippen molar-refractivity contribution in [2.75, 3.05) is 0 Å². The second kappa shape index (κ2) is 21.0. The van der Waals surface area contributed by atoms with E-state index >= 15 is 4.57 Å². The Labute approximate surface area is 258 Å². The molecular weight excluding hydrogens is 527 g/mol. The Kier molecular flexibility index (Phi) is 21.0. The average molecular weight is 603 g/mol. The van der Waals surface area contributed by atoms with Crippen LogP contribution in [-0.2, 0) is 18.1 Å². The van der Waals surface area contributed by atoms with Crippen molar-refractivity contribution in [3.05, 3.63) is 0 Å². The highest BCUT2D eigenvalue weighted by Gasteiger charge is 2.53. The maximum absolute atomic E-state index is 15.6. The number of unbranched alkanes of at least 4 members (excludes halogenated alkanes) is 3. The molecule has 248 valence electrons.